The number of hydrogen-bond donors (Lipinski definition) is 2. The number of rotatable bonds is 8. The van der Waals surface area contributed by atoms with Crippen LogP contribution < -0.4 is 15.4 Å². The van der Waals surface area contributed by atoms with Crippen LogP contribution in [0.4, 0.5) is 4.79 Å². The van der Waals surface area contributed by atoms with Gasteiger partial charge in [0.15, 0.2) is 0 Å². The minimum atomic E-state index is -0.591. The molecule has 1 aromatic rings. The molecule has 8 heteroatoms. The summed E-state index contributed by atoms with van der Waals surface area (Å²) in [7, 11) is 3.24. The largest absolute Gasteiger partial charge is 0.497 e. The Kier molecular flexibility index (Phi) is 7.11. The van der Waals surface area contributed by atoms with Crippen molar-refractivity contribution >= 4 is 17.8 Å². The van der Waals surface area contributed by atoms with E-state index in [0.29, 0.717) is 35.9 Å². The molecule has 1 aromatic carbocycles. The fraction of sp³-hybridized carbons (Fsp3) is 0.542. The molecule has 0 saturated carbocycles. The van der Waals surface area contributed by atoms with Crippen LogP contribution in [0.1, 0.15) is 45.7 Å². The highest BCUT2D eigenvalue weighted by Crippen LogP contribution is 2.37. The molecule has 0 aromatic heterocycles. The lowest BCUT2D eigenvalue weighted by atomic mass is 9.95. The Bertz CT molecular complexity index is 907. The lowest BCUT2D eigenvalue weighted by molar-refractivity contribution is -0.137. The topological polar surface area (TPSA) is 91.0 Å². The van der Waals surface area contributed by atoms with E-state index in [2.05, 4.69) is 10.6 Å². The number of amides is 4. The number of hydrogen-bond acceptors (Lipinski definition) is 4. The number of nitrogens with one attached hydrogen (secondary N) is 2. The summed E-state index contributed by atoms with van der Waals surface area (Å²) < 4.78 is 5.23. The standard InChI is InChI=1S/C24H34N4O4/c1-14(2)11-18(22(29)25-12-15(3)4)28-13-19-20(23(28)30)21(26-24(31)27(19)5)16-7-9-17(32-6)10-8-16/h7-10,14-15,18,21H,11-13H2,1-6H3,(H,25,29)(H,26,31). The van der Waals surface area contributed by atoms with Crippen LogP contribution in [0.3, 0.4) is 0 Å². The molecule has 2 aliphatic heterocycles. The van der Waals surface area contributed by atoms with Gasteiger partial charge >= 0.3 is 6.03 Å². The lowest BCUT2D eigenvalue weighted by Crippen LogP contribution is -2.49. The first kappa shape index (κ1) is 23.6. The molecule has 2 atom stereocenters. The summed E-state index contributed by atoms with van der Waals surface area (Å²) in [4.78, 5) is 42.5. The van der Waals surface area contributed by atoms with E-state index in [4.69, 9.17) is 4.74 Å². The third-order valence-electron chi connectivity index (χ3n) is 5.90. The third-order valence-corrected chi connectivity index (χ3v) is 5.90. The predicted octanol–water partition coefficient (Wildman–Crippen LogP) is 2.67. The number of urea groups is 1. The molecular formula is C24H34N4O4. The molecule has 2 aliphatic rings. The van der Waals surface area contributed by atoms with E-state index >= 15 is 0 Å². The summed E-state index contributed by atoms with van der Waals surface area (Å²) in [5.41, 5.74) is 1.95. The van der Waals surface area contributed by atoms with Gasteiger partial charge in [-0.1, -0.05) is 39.8 Å². The second-order valence-corrected chi connectivity index (χ2v) is 9.29. The van der Waals surface area contributed by atoms with Crippen LogP contribution in [-0.4, -0.2) is 60.9 Å². The Hall–Kier alpha value is -3.03. The van der Waals surface area contributed by atoms with E-state index in [-0.39, 0.29) is 30.3 Å². The van der Waals surface area contributed by atoms with Crippen LogP contribution in [0, 0.1) is 11.8 Å². The molecule has 0 bridgehead atoms. The van der Waals surface area contributed by atoms with Crippen molar-refractivity contribution in [2.24, 2.45) is 11.8 Å². The van der Waals surface area contributed by atoms with E-state index in [9.17, 15) is 14.4 Å². The van der Waals surface area contributed by atoms with E-state index < -0.39 is 12.1 Å². The highest BCUT2D eigenvalue weighted by molar-refractivity contribution is 6.03. The molecule has 0 aliphatic carbocycles. The molecule has 3 rings (SSSR count). The normalized spacial score (nSPS) is 19.4. The van der Waals surface area contributed by atoms with E-state index in [1.807, 2.05) is 39.8 Å². The van der Waals surface area contributed by atoms with Crippen LogP contribution in [0.25, 0.3) is 0 Å². The highest BCUT2D eigenvalue weighted by atomic mass is 16.5. The Morgan fingerprint density at radius 1 is 1.16 bits per heavy atom. The maximum Gasteiger partial charge on any atom is 0.322 e. The minimum Gasteiger partial charge on any atom is -0.497 e. The summed E-state index contributed by atoms with van der Waals surface area (Å²) in [6.45, 7) is 8.92. The Morgan fingerprint density at radius 3 is 2.38 bits per heavy atom. The Morgan fingerprint density at radius 2 is 1.81 bits per heavy atom. The summed E-state index contributed by atoms with van der Waals surface area (Å²) in [6, 6.07) is 5.86. The van der Waals surface area contributed by atoms with Crippen molar-refractivity contribution < 1.29 is 19.1 Å². The number of carbonyl (C=O) groups is 3. The number of nitrogens with zero attached hydrogens (tertiary/aromatic N) is 2. The maximum absolute atomic E-state index is 13.6. The van der Waals surface area contributed by atoms with Gasteiger partial charge in [0.1, 0.15) is 11.8 Å². The van der Waals surface area contributed by atoms with Gasteiger partial charge in [-0.2, -0.15) is 0 Å². The van der Waals surface area contributed by atoms with Gasteiger partial charge in [0, 0.05) is 13.6 Å². The van der Waals surface area contributed by atoms with Crippen molar-refractivity contribution in [1.29, 1.82) is 0 Å². The van der Waals surface area contributed by atoms with Crippen LogP contribution in [0.15, 0.2) is 35.5 Å². The van der Waals surface area contributed by atoms with Gasteiger partial charge in [-0.3, -0.25) is 14.5 Å². The number of carbonyl (C=O) groups excluding carboxylic acids is 3. The molecule has 32 heavy (non-hydrogen) atoms. The van der Waals surface area contributed by atoms with Crippen molar-refractivity contribution in [2.45, 2.75) is 46.2 Å². The zero-order valence-corrected chi connectivity index (χ0v) is 19.8. The van der Waals surface area contributed by atoms with Gasteiger partial charge < -0.3 is 20.3 Å². The van der Waals surface area contributed by atoms with E-state index in [1.54, 1.807) is 31.2 Å². The first-order valence-electron chi connectivity index (χ1n) is 11.1. The molecule has 2 heterocycles. The molecule has 2 N–H and O–H groups in total. The van der Waals surface area contributed by atoms with Gasteiger partial charge in [0.25, 0.3) is 5.91 Å². The van der Waals surface area contributed by atoms with Crippen molar-refractivity contribution in [2.75, 3.05) is 27.2 Å². The molecule has 0 saturated heterocycles. The average Bonchev–Trinajstić information content (AvgIpc) is 3.10. The fourth-order valence-corrected chi connectivity index (χ4v) is 4.13. The second kappa shape index (κ2) is 9.63. The maximum atomic E-state index is 13.6. The summed E-state index contributed by atoms with van der Waals surface area (Å²) in [5, 5.41) is 5.91. The molecule has 0 spiro atoms. The zero-order valence-electron chi connectivity index (χ0n) is 19.8. The highest BCUT2D eigenvalue weighted by Gasteiger charge is 2.46. The SMILES string of the molecule is COc1ccc(C2NC(=O)N(C)C3=C2C(=O)N(C(CC(C)C)C(=O)NCC(C)C)C3)cc1. The van der Waals surface area contributed by atoms with Crippen LogP contribution >= 0.6 is 0 Å². The van der Waals surface area contributed by atoms with E-state index in [1.165, 1.54) is 4.90 Å². The van der Waals surface area contributed by atoms with Gasteiger partial charge in [0.2, 0.25) is 5.91 Å². The smallest absolute Gasteiger partial charge is 0.322 e. The number of likely N-dealkylation sites (N-methyl/N-ethyl adjacent to an activating group) is 1. The Labute approximate surface area is 190 Å². The van der Waals surface area contributed by atoms with Crippen molar-refractivity contribution in [3.05, 3.63) is 41.1 Å². The summed E-state index contributed by atoms with van der Waals surface area (Å²) in [6.07, 6.45) is 0.550. The minimum absolute atomic E-state index is 0.150. The first-order valence-corrected chi connectivity index (χ1v) is 11.1. The number of benzene rings is 1. The molecule has 2 unspecified atom stereocenters. The van der Waals surface area contributed by atoms with Crippen LogP contribution in [0.5, 0.6) is 5.75 Å². The first-order chi connectivity index (χ1) is 15.1. The summed E-state index contributed by atoms with van der Waals surface area (Å²) in [5.74, 6) is 0.874. The average molecular weight is 443 g/mol. The van der Waals surface area contributed by atoms with E-state index in [0.717, 1.165) is 5.56 Å². The van der Waals surface area contributed by atoms with Gasteiger partial charge in [-0.15, -0.1) is 0 Å². The molecule has 8 nitrogen and oxygen atoms in total. The molecule has 174 valence electrons. The summed E-state index contributed by atoms with van der Waals surface area (Å²) >= 11 is 0. The number of ether oxygens (including phenoxy) is 1. The molecule has 4 amide bonds. The monoisotopic (exact) mass is 442 g/mol. The zero-order chi connectivity index (χ0) is 23.6. The van der Waals surface area contributed by atoms with Crippen LogP contribution in [-0.2, 0) is 9.59 Å². The van der Waals surface area contributed by atoms with Gasteiger partial charge in [0.05, 0.1) is 31.0 Å². The van der Waals surface area contributed by atoms with Gasteiger partial charge in [-0.05, 0) is 36.0 Å². The lowest BCUT2D eigenvalue weighted by Gasteiger charge is -2.31. The van der Waals surface area contributed by atoms with Crippen LogP contribution in [0.2, 0.25) is 0 Å². The van der Waals surface area contributed by atoms with Crippen molar-refractivity contribution in [3.8, 4) is 5.75 Å². The van der Waals surface area contributed by atoms with Gasteiger partial charge in [-0.25, -0.2) is 4.79 Å². The Balaban J connectivity index is 1.93. The predicted molar refractivity (Wildman–Crippen MR) is 122 cm³/mol. The quantitative estimate of drug-likeness (QED) is 0.648. The third kappa shape index (κ3) is 4.74. The molecule has 0 radical (unpaired) electrons. The van der Waals surface area contributed by atoms with Crippen molar-refractivity contribution in [1.82, 2.24) is 20.4 Å². The molecule has 0 fully saturated rings. The second-order valence-electron chi connectivity index (χ2n) is 9.29. The van der Waals surface area contributed by atoms with Crippen molar-refractivity contribution in [3.63, 3.8) is 0 Å². The fourth-order valence-electron chi connectivity index (χ4n) is 4.13. The molecular weight excluding hydrogens is 408 g/mol. The number of methoxy groups -OCH3 is 1.